The number of nitrogens with two attached hydrogens (primary N) is 1. The summed E-state index contributed by atoms with van der Waals surface area (Å²) in [7, 11) is 0. The van der Waals surface area contributed by atoms with Crippen LogP contribution in [-0.4, -0.2) is 13.4 Å². The third-order valence-electron chi connectivity index (χ3n) is 2.82. The van der Waals surface area contributed by atoms with Crippen molar-refractivity contribution in [1.29, 1.82) is 0 Å². The van der Waals surface area contributed by atoms with Gasteiger partial charge in [-0.3, -0.25) is 0 Å². The molecule has 1 saturated carbocycles. The van der Waals surface area contributed by atoms with Crippen molar-refractivity contribution in [1.82, 2.24) is 0 Å². The number of hydrogen-bond donors (Lipinski definition) is 1. The topological polar surface area (TPSA) is 44.5 Å². The molecule has 16 heavy (non-hydrogen) atoms. The van der Waals surface area contributed by atoms with Gasteiger partial charge in [-0.15, -0.1) is 0 Å². The lowest BCUT2D eigenvalue weighted by Crippen LogP contribution is -2.07. The fourth-order valence-electron chi connectivity index (χ4n) is 1.81. The molecular formula is C13H19NO2. The number of anilines is 1. The fourth-order valence-corrected chi connectivity index (χ4v) is 1.81. The third kappa shape index (κ3) is 2.89. The van der Waals surface area contributed by atoms with Crippen LogP contribution in [0, 0.1) is 19.8 Å². The van der Waals surface area contributed by atoms with Crippen molar-refractivity contribution in [3.8, 4) is 5.75 Å². The minimum atomic E-state index is 0.335. The van der Waals surface area contributed by atoms with E-state index in [2.05, 4.69) is 0 Å². The smallest absolute Gasteiger partial charge is 0.189 e. The molecule has 1 aliphatic rings. The molecule has 0 spiro atoms. The van der Waals surface area contributed by atoms with Crippen LogP contribution < -0.4 is 10.5 Å². The number of ether oxygens (including phenoxy) is 2. The van der Waals surface area contributed by atoms with Crippen LogP contribution in [0.25, 0.3) is 0 Å². The zero-order valence-corrected chi connectivity index (χ0v) is 9.95. The molecule has 1 aromatic carbocycles. The normalized spacial score (nSPS) is 15.1. The summed E-state index contributed by atoms with van der Waals surface area (Å²) in [5.41, 5.74) is 8.65. The average molecular weight is 221 g/mol. The van der Waals surface area contributed by atoms with Crippen LogP contribution in [0.4, 0.5) is 5.69 Å². The number of rotatable bonds is 5. The van der Waals surface area contributed by atoms with Gasteiger partial charge in [0, 0.05) is 5.69 Å². The van der Waals surface area contributed by atoms with Crippen molar-refractivity contribution in [3.05, 3.63) is 23.3 Å². The van der Waals surface area contributed by atoms with Gasteiger partial charge in [-0.05, 0) is 55.9 Å². The summed E-state index contributed by atoms with van der Waals surface area (Å²) in [4.78, 5) is 0. The second-order valence-corrected chi connectivity index (χ2v) is 4.56. The van der Waals surface area contributed by atoms with Crippen LogP contribution in [0.1, 0.15) is 24.0 Å². The molecule has 2 rings (SSSR count). The van der Waals surface area contributed by atoms with E-state index >= 15 is 0 Å². The summed E-state index contributed by atoms with van der Waals surface area (Å²) in [5.74, 6) is 1.67. The number of benzene rings is 1. The number of nitrogen functional groups attached to an aromatic ring is 1. The Kier molecular flexibility index (Phi) is 3.34. The van der Waals surface area contributed by atoms with Gasteiger partial charge in [0.15, 0.2) is 6.79 Å². The first-order chi connectivity index (χ1) is 7.66. The Hall–Kier alpha value is -1.22. The zero-order chi connectivity index (χ0) is 11.5. The number of aryl methyl sites for hydroxylation is 2. The van der Waals surface area contributed by atoms with E-state index in [-0.39, 0.29) is 0 Å². The average Bonchev–Trinajstić information content (AvgIpc) is 2.98. The molecule has 3 nitrogen and oxygen atoms in total. The molecule has 0 aromatic heterocycles. The molecule has 0 unspecified atom stereocenters. The summed E-state index contributed by atoms with van der Waals surface area (Å²) < 4.78 is 11.1. The van der Waals surface area contributed by atoms with Gasteiger partial charge in [0.05, 0.1) is 6.61 Å². The Morgan fingerprint density at radius 2 is 1.88 bits per heavy atom. The molecule has 0 atom stereocenters. The second kappa shape index (κ2) is 4.74. The molecule has 0 radical (unpaired) electrons. The first kappa shape index (κ1) is 11.3. The minimum absolute atomic E-state index is 0.335. The van der Waals surface area contributed by atoms with Crippen LogP contribution in [0.15, 0.2) is 12.1 Å². The standard InChI is InChI=1S/C13H19NO2/c1-9-5-12(14)6-10(2)13(9)16-8-15-7-11-3-4-11/h5-6,11H,3-4,7-8,14H2,1-2H3. The maximum absolute atomic E-state index is 5.74. The monoisotopic (exact) mass is 221 g/mol. The maximum Gasteiger partial charge on any atom is 0.189 e. The molecule has 0 amide bonds. The van der Waals surface area contributed by atoms with E-state index in [1.165, 1.54) is 12.8 Å². The molecule has 1 aliphatic carbocycles. The summed E-state index contributed by atoms with van der Waals surface area (Å²) in [6, 6.07) is 3.84. The Bertz CT molecular complexity index is 349. The van der Waals surface area contributed by atoms with E-state index in [0.717, 1.165) is 35.1 Å². The molecule has 0 bridgehead atoms. The fraction of sp³-hybridized carbons (Fsp3) is 0.538. The van der Waals surface area contributed by atoms with E-state index in [9.17, 15) is 0 Å². The molecule has 0 saturated heterocycles. The molecule has 88 valence electrons. The van der Waals surface area contributed by atoms with Gasteiger partial charge in [0.25, 0.3) is 0 Å². The van der Waals surface area contributed by atoms with Crippen molar-refractivity contribution >= 4 is 5.69 Å². The van der Waals surface area contributed by atoms with Gasteiger partial charge in [0.2, 0.25) is 0 Å². The van der Waals surface area contributed by atoms with Gasteiger partial charge in [-0.1, -0.05) is 0 Å². The maximum atomic E-state index is 5.74. The summed E-state index contributed by atoms with van der Waals surface area (Å²) in [5, 5.41) is 0. The minimum Gasteiger partial charge on any atom is -0.467 e. The first-order valence-electron chi connectivity index (χ1n) is 5.74. The molecule has 0 heterocycles. The largest absolute Gasteiger partial charge is 0.467 e. The van der Waals surface area contributed by atoms with E-state index in [1.807, 2.05) is 26.0 Å². The number of hydrogen-bond acceptors (Lipinski definition) is 3. The van der Waals surface area contributed by atoms with Gasteiger partial charge in [-0.25, -0.2) is 0 Å². The third-order valence-corrected chi connectivity index (χ3v) is 2.82. The highest BCUT2D eigenvalue weighted by Gasteiger charge is 2.21. The van der Waals surface area contributed by atoms with Crippen molar-refractivity contribution in [2.75, 3.05) is 19.1 Å². The molecule has 1 fully saturated rings. The van der Waals surface area contributed by atoms with Gasteiger partial charge < -0.3 is 15.2 Å². The molecule has 0 aliphatic heterocycles. The highest BCUT2D eigenvalue weighted by atomic mass is 16.7. The van der Waals surface area contributed by atoms with Crippen LogP contribution >= 0.6 is 0 Å². The van der Waals surface area contributed by atoms with Crippen LogP contribution in [0.3, 0.4) is 0 Å². The summed E-state index contributed by atoms with van der Waals surface area (Å²) in [6.07, 6.45) is 2.61. The predicted molar refractivity (Wildman–Crippen MR) is 64.5 cm³/mol. The first-order valence-corrected chi connectivity index (χ1v) is 5.74. The van der Waals surface area contributed by atoms with E-state index in [1.54, 1.807) is 0 Å². The van der Waals surface area contributed by atoms with Gasteiger partial charge in [-0.2, -0.15) is 0 Å². The zero-order valence-electron chi connectivity index (χ0n) is 9.95. The quantitative estimate of drug-likeness (QED) is 0.472. The van der Waals surface area contributed by atoms with Gasteiger partial charge >= 0.3 is 0 Å². The summed E-state index contributed by atoms with van der Waals surface area (Å²) >= 11 is 0. The lowest BCUT2D eigenvalue weighted by molar-refractivity contribution is 0.00925. The van der Waals surface area contributed by atoms with Gasteiger partial charge in [0.1, 0.15) is 5.75 Å². The van der Waals surface area contributed by atoms with Crippen molar-refractivity contribution in [2.45, 2.75) is 26.7 Å². The highest BCUT2D eigenvalue weighted by molar-refractivity contribution is 5.52. The van der Waals surface area contributed by atoms with Crippen LogP contribution in [0.5, 0.6) is 5.75 Å². The van der Waals surface area contributed by atoms with E-state index in [0.29, 0.717) is 6.79 Å². The van der Waals surface area contributed by atoms with E-state index < -0.39 is 0 Å². The van der Waals surface area contributed by atoms with E-state index in [4.69, 9.17) is 15.2 Å². The predicted octanol–water partition coefficient (Wildman–Crippen LogP) is 2.65. The van der Waals surface area contributed by atoms with Crippen LogP contribution in [-0.2, 0) is 4.74 Å². The van der Waals surface area contributed by atoms with Crippen molar-refractivity contribution in [3.63, 3.8) is 0 Å². The molecule has 2 N–H and O–H groups in total. The molecule has 1 aromatic rings. The second-order valence-electron chi connectivity index (χ2n) is 4.56. The Labute approximate surface area is 96.5 Å². The SMILES string of the molecule is Cc1cc(N)cc(C)c1OCOCC1CC1. The highest BCUT2D eigenvalue weighted by Crippen LogP contribution is 2.29. The Balaban J connectivity index is 1.87. The Morgan fingerprint density at radius 3 is 2.44 bits per heavy atom. The van der Waals surface area contributed by atoms with Crippen molar-refractivity contribution in [2.24, 2.45) is 5.92 Å². The lowest BCUT2D eigenvalue weighted by atomic mass is 10.1. The van der Waals surface area contributed by atoms with Crippen LogP contribution in [0.2, 0.25) is 0 Å². The Morgan fingerprint density at radius 1 is 1.25 bits per heavy atom. The molecule has 3 heteroatoms. The van der Waals surface area contributed by atoms with Crippen molar-refractivity contribution < 1.29 is 9.47 Å². The lowest BCUT2D eigenvalue weighted by Gasteiger charge is -2.12. The molecular weight excluding hydrogens is 202 g/mol. The summed E-state index contributed by atoms with van der Waals surface area (Å²) in [6.45, 7) is 5.16.